The summed E-state index contributed by atoms with van der Waals surface area (Å²) in [4.78, 5) is 16.8. The molecule has 0 atom stereocenters. The Labute approximate surface area is 213 Å². The Morgan fingerprint density at radius 1 is 0.973 bits per heavy atom. The van der Waals surface area contributed by atoms with Crippen LogP contribution in [-0.4, -0.2) is 27.3 Å². The van der Waals surface area contributed by atoms with Crippen molar-refractivity contribution in [3.8, 4) is 23.1 Å². The molecule has 1 heterocycles. The number of carbonyl (C=O) groups excluding carboxylic acids is 1. The molecule has 0 saturated carbocycles. The van der Waals surface area contributed by atoms with Gasteiger partial charge in [-0.3, -0.25) is 4.79 Å². The molecule has 0 aliphatic heterocycles. The molecule has 1 N–H and O–H groups in total. The fourth-order valence-electron chi connectivity index (χ4n) is 3.58. The zero-order valence-electron chi connectivity index (χ0n) is 20.5. The monoisotopic (exact) mass is 508 g/mol. The van der Waals surface area contributed by atoms with E-state index in [-0.39, 0.29) is 17.8 Å². The van der Waals surface area contributed by atoms with E-state index in [9.17, 15) is 18.0 Å². The number of amides is 1. The fraction of sp³-hybridized carbons (Fsp3) is 0.250. The molecule has 0 radical (unpaired) electrons. The first-order valence-electron chi connectivity index (χ1n) is 11.9. The number of ether oxygens (including phenoxy) is 1. The summed E-state index contributed by atoms with van der Waals surface area (Å²) in [7, 11) is 0. The highest BCUT2D eigenvalue weighted by Gasteiger charge is 2.30. The maximum Gasteiger partial charge on any atom is 0.416 e. The lowest BCUT2D eigenvalue weighted by molar-refractivity contribution is -0.137. The molecule has 0 aliphatic carbocycles. The Hall–Kier alpha value is -4.14. The summed E-state index contributed by atoms with van der Waals surface area (Å²) < 4.78 is 46.3. The number of carbonyl (C=O) groups is 1. The van der Waals surface area contributed by atoms with E-state index in [4.69, 9.17) is 4.74 Å². The number of anilines is 1. The van der Waals surface area contributed by atoms with Crippen molar-refractivity contribution in [3.05, 3.63) is 90.0 Å². The molecular formula is C28H27F3N4O2. The van der Waals surface area contributed by atoms with E-state index >= 15 is 0 Å². The third kappa shape index (κ3) is 6.97. The van der Waals surface area contributed by atoms with Gasteiger partial charge in [0.25, 0.3) is 0 Å². The Kier molecular flexibility index (Phi) is 7.91. The molecule has 1 aromatic heterocycles. The number of nitrogens with zero attached hydrogens (tertiary/aromatic N) is 3. The van der Waals surface area contributed by atoms with Crippen molar-refractivity contribution in [1.82, 2.24) is 14.8 Å². The summed E-state index contributed by atoms with van der Waals surface area (Å²) in [6.45, 7) is 4.37. The van der Waals surface area contributed by atoms with Crippen LogP contribution in [0.15, 0.2) is 78.9 Å². The molecular weight excluding hydrogens is 481 g/mol. The second kappa shape index (κ2) is 11.3. The van der Waals surface area contributed by atoms with Crippen LogP contribution in [0.25, 0.3) is 17.1 Å². The first kappa shape index (κ1) is 25.9. The summed E-state index contributed by atoms with van der Waals surface area (Å²) in [5, 5.41) is 7.31. The lowest BCUT2D eigenvalue weighted by atomic mass is 10.1. The number of nitrogens with one attached hydrogen (secondary N) is 1. The summed E-state index contributed by atoms with van der Waals surface area (Å²) in [6, 6.07) is 21.6. The molecule has 192 valence electrons. The maximum atomic E-state index is 13.0. The van der Waals surface area contributed by atoms with Gasteiger partial charge in [-0.15, -0.1) is 5.10 Å². The first-order valence-corrected chi connectivity index (χ1v) is 11.9. The topological polar surface area (TPSA) is 69.0 Å². The van der Waals surface area contributed by atoms with E-state index in [1.807, 2.05) is 44.2 Å². The molecule has 37 heavy (non-hydrogen) atoms. The third-order valence-electron chi connectivity index (χ3n) is 5.48. The van der Waals surface area contributed by atoms with Gasteiger partial charge in [-0.05, 0) is 54.3 Å². The molecule has 0 unspecified atom stereocenters. The lowest BCUT2D eigenvalue weighted by Crippen LogP contribution is -2.12. The number of rotatable bonds is 9. The van der Waals surface area contributed by atoms with Crippen LogP contribution in [0, 0.1) is 5.92 Å². The van der Waals surface area contributed by atoms with Crippen LogP contribution in [-0.2, 0) is 17.4 Å². The number of aromatic nitrogens is 3. The van der Waals surface area contributed by atoms with E-state index in [1.54, 1.807) is 24.3 Å². The highest BCUT2D eigenvalue weighted by molar-refractivity contribution is 5.90. The molecule has 3 aromatic carbocycles. The summed E-state index contributed by atoms with van der Waals surface area (Å²) in [5.41, 5.74) is 2.04. The minimum Gasteiger partial charge on any atom is -0.462 e. The van der Waals surface area contributed by atoms with Gasteiger partial charge in [0.1, 0.15) is 0 Å². The van der Waals surface area contributed by atoms with Gasteiger partial charge in [-0.25, -0.2) is 4.68 Å². The average Bonchev–Trinajstić information content (AvgIpc) is 3.31. The highest BCUT2D eigenvalue weighted by atomic mass is 19.4. The van der Waals surface area contributed by atoms with Crippen LogP contribution >= 0.6 is 0 Å². The van der Waals surface area contributed by atoms with Crippen LogP contribution in [0.1, 0.15) is 31.4 Å². The van der Waals surface area contributed by atoms with Gasteiger partial charge >= 0.3 is 12.2 Å². The van der Waals surface area contributed by atoms with Crippen LogP contribution in [0.3, 0.4) is 0 Å². The number of halogens is 3. The van der Waals surface area contributed by atoms with Gasteiger partial charge in [0.2, 0.25) is 5.91 Å². The van der Waals surface area contributed by atoms with Gasteiger partial charge in [0.05, 0.1) is 17.9 Å². The van der Waals surface area contributed by atoms with Crippen molar-refractivity contribution in [3.63, 3.8) is 0 Å². The highest BCUT2D eigenvalue weighted by Crippen LogP contribution is 2.31. The van der Waals surface area contributed by atoms with Gasteiger partial charge in [0, 0.05) is 17.7 Å². The van der Waals surface area contributed by atoms with Crippen LogP contribution < -0.4 is 10.1 Å². The fourth-order valence-corrected chi connectivity index (χ4v) is 3.58. The average molecular weight is 509 g/mol. The number of hydrogen-bond acceptors (Lipinski definition) is 4. The Morgan fingerprint density at radius 2 is 1.65 bits per heavy atom. The predicted molar refractivity (Wildman–Crippen MR) is 136 cm³/mol. The molecule has 0 spiro atoms. The molecule has 9 heteroatoms. The molecule has 0 bridgehead atoms. The van der Waals surface area contributed by atoms with E-state index < -0.39 is 11.7 Å². The molecule has 6 nitrogen and oxygen atoms in total. The Bertz CT molecular complexity index is 1320. The molecule has 4 rings (SSSR count). The van der Waals surface area contributed by atoms with E-state index in [0.717, 1.165) is 17.7 Å². The largest absolute Gasteiger partial charge is 0.462 e. The van der Waals surface area contributed by atoms with Gasteiger partial charge in [-0.1, -0.05) is 56.3 Å². The molecule has 0 fully saturated rings. The van der Waals surface area contributed by atoms with Crippen LogP contribution in [0.4, 0.5) is 18.9 Å². The molecule has 4 aromatic rings. The lowest BCUT2D eigenvalue weighted by Gasteiger charge is -2.10. The number of hydrogen-bond donors (Lipinski definition) is 1. The minimum atomic E-state index is -4.43. The van der Waals surface area contributed by atoms with Crippen LogP contribution in [0.2, 0.25) is 0 Å². The molecule has 1 amide bonds. The maximum absolute atomic E-state index is 13.0. The van der Waals surface area contributed by atoms with E-state index in [2.05, 4.69) is 15.4 Å². The minimum absolute atomic E-state index is 0.104. The molecule has 0 aliphatic rings. The van der Waals surface area contributed by atoms with Crippen molar-refractivity contribution in [1.29, 1.82) is 0 Å². The number of aryl methyl sites for hydroxylation is 1. The van der Waals surface area contributed by atoms with Crippen molar-refractivity contribution < 1.29 is 22.7 Å². The zero-order chi connectivity index (χ0) is 26.4. The number of alkyl halides is 3. The normalized spacial score (nSPS) is 11.5. The predicted octanol–water partition coefficient (Wildman–Crippen LogP) is 6.56. The van der Waals surface area contributed by atoms with Gasteiger partial charge in [-0.2, -0.15) is 18.2 Å². The third-order valence-corrected chi connectivity index (χ3v) is 5.48. The summed E-state index contributed by atoms with van der Waals surface area (Å²) in [5.74, 6) is 0.477. The SMILES string of the molecule is CC(C)COc1nc(-c2ccc(C(F)(F)F)cc2)n(-c2ccc(NC(=O)CCc3ccccc3)cc2)n1. The zero-order valence-corrected chi connectivity index (χ0v) is 20.5. The first-order chi connectivity index (χ1) is 17.7. The van der Waals surface area contributed by atoms with E-state index in [1.165, 1.54) is 16.8 Å². The Morgan fingerprint density at radius 3 is 2.27 bits per heavy atom. The van der Waals surface area contributed by atoms with Gasteiger partial charge in [0.15, 0.2) is 5.82 Å². The Balaban J connectivity index is 1.53. The summed E-state index contributed by atoms with van der Waals surface area (Å²) >= 11 is 0. The molecule has 0 saturated heterocycles. The second-order valence-corrected chi connectivity index (χ2v) is 8.99. The van der Waals surface area contributed by atoms with Crippen molar-refractivity contribution in [2.24, 2.45) is 5.92 Å². The summed E-state index contributed by atoms with van der Waals surface area (Å²) in [6.07, 6.45) is -3.44. The van der Waals surface area contributed by atoms with Crippen molar-refractivity contribution in [2.75, 3.05) is 11.9 Å². The quantitative estimate of drug-likeness (QED) is 0.278. The van der Waals surface area contributed by atoms with Crippen molar-refractivity contribution >= 4 is 11.6 Å². The van der Waals surface area contributed by atoms with Crippen LogP contribution in [0.5, 0.6) is 6.01 Å². The smallest absolute Gasteiger partial charge is 0.416 e. The van der Waals surface area contributed by atoms with Crippen molar-refractivity contribution in [2.45, 2.75) is 32.9 Å². The number of benzene rings is 3. The second-order valence-electron chi connectivity index (χ2n) is 8.99. The van der Waals surface area contributed by atoms with E-state index in [0.29, 0.717) is 42.2 Å². The standard InChI is InChI=1S/C28H27F3N4O2/c1-19(2)18-37-27-33-26(21-9-11-22(12-10-21)28(29,30)31)35(34-27)24-15-13-23(14-16-24)32-25(36)17-8-20-6-4-3-5-7-20/h3-7,9-16,19H,8,17-18H2,1-2H3,(H,32,36). The van der Waals surface area contributed by atoms with Gasteiger partial charge < -0.3 is 10.1 Å².